The van der Waals surface area contributed by atoms with Gasteiger partial charge in [-0.3, -0.25) is 0 Å². The molecule has 0 bridgehead atoms. The van der Waals surface area contributed by atoms with E-state index in [-0.39, 0.29) is 18.6 Å². The molecule has 2 aliphatic heterocycles. The molecule has 1 unspecified atom stereocenters. The summed E-state index contributed by atoms with van der Waals surface area (Å²) in [6, 6.07) is -0.258. The van der Waals surface area contributed by atoms with Gasteiger partial charge in [0.2, 0.25) is 0 Å². The largest absolute Gasteiger partial charge is 0.447 e. The normalized spacial score (nSPS) is 25.5. The van der Waals surface area contributed by atoms with Crippen molar-refractivity contribution >= 4 is 12.2 Å². The molecule has 17 heavy (non-hydrogen) atoms. The minimum Gasteiger partial charge on any atom is -0.447 e. The van der Waals surface area contributed by atoms with Gasteiger partial charge >= 0.3 is 12.2 Å². The number of carbonyl (C=O) groups is 2. The van der Waals surface area contributed by atoms with Crippen molar-refractivity contribution in [1.82, 2.24) is 4.90 Å². The van der Waals surface area contributed by atoms with E-state index in [1.54, 1.807) is 20.8 Å². The molecule has 0 aromatic carbocycles. The molecule has 0 aliphatic carbocycles. The molecular formula is C11H17NO5. The highest BCUT2D eigenvalue weighted by atomic mass is 16.6. The average molecular weight is 243 g/mol. The number of rotatable bonds is 1. The third kappa shape index (κ3) is 2.52. The Morgan fingerprint density at radius 1 is 1.35 bits per heavy atom. The number of nitrogens with zero attached hydrogens (tertiary/aromatic N) is 1. The first-order valence-corrected chi connectivity index (χ1v) is 5.65. The standard InChI is InChI=1S/C11H17NO5/c1-11(2,3)17-10(14)12-8(6-16-9(12)13)7-4-15-5-7/h7-8H,4-6H2,1-3H3. The lowest BCUT2D eigenvalue weighted by molar-refractivity contribution is -0.0638. The maximum atomic E-state index is 11.9. The summed E-state index contributed by atoms with van der Waals surface area (Å²) >= 11 is 0. The van der Waals surface area contributed by atoms with E-state index in [0.717, 1.165) is 4.90 Å². The zero-order chi connectivity index (χ0) is 12.6. The highest BCUT2D eigenvalue weighted by Gasteiger charge is 2.46. The summed E-state index contributed by atoms with van der Waals surface area (Å²) < 4.78 is 15.2. The number of hydrogen-bond donors (Lipinski definition) is 0. The molecule has 2 amide bonds. The predicted molar refractivity (Wildman–Crippen MR) is 57.5 cm³/mol. The van der Waals surface area contributed by atoms with Gasteiger partial charge in [-0.25, -0.2) is 14.5 Å². The van der Waals surface area contributed by atoms with Crippen LogP contribution in [0, 0.1) is 5.92 Å². The first-order valence-electron chi connectivity index (χ1n) is 5.65. The molecule has 2 rings (SSSR count). The van der Waals surface area contributed by atoms with Crippen molar-refractivity contribution in [1.29, 1.82) is 0 Å². The summed E-state index contributed by atoms with van der Waals surface area (Å²) in [6.45, 7) is 6.61. The van der Waals surface area contributed by atoms with Gasteiger partial charge in [0, 0.05) is 5.92 Å². The van der Waals surface area contributed by atoms with Gasteiger partial charge in [0.05, 0.1) is 19.3 Å². The third-order valence-corrected chi connectivity index (χ3v) is 2.70. The number of imide groups is 1. The second-order valence-electron chi connectivity index (χ2n) is 5.29. The Labute approximate surface area is 99.8 Å². The molecule has 6 heteroatoms. The molecule has 1 atom stereocenters. The summed E-state index contributed by atoms with van der Waals surface area (Å²) in [6.07, 6.45) is -1.27. The second-order valence-corrected chi connectivity index (χ2v) is 5.29. The molecule has 0 aromatic heterocycles. The van der Waals surface area contributed by atoms with E-state index in [9.17, 15) is 9.59 Å². The quantitative estimate of drug-likeness (QED) is 0.696. The summed E-state index contributed by atoms with van der Waals surface area (Å²) in [5.74, 6) is 0.161. The highest BCUT2D eigenvalue weighted by molar-refractivity contribution is 5.89. The molecule has 2 aliphatic rings. The SMILES string of the molecule is CC(C)(C)OC(=O)N1C(=O)OCC1C1COC1. The molecule has 2 fully saturated rings. The van der Waals surface area contributed by atoms with E-state index < -0.39 is 17.8 Å². The van der Waals surface area contributed by atoms with Crippen LogP contribution in [0.3, 0.4) is 0 Å². The zero-order valence-electron chi connectivity index (χ0n) is 10.3. The molecule has 0 saturated carbocycles. The van der Waals surface area contributed by atoms with Gasteiger partial charge in [-0.15, -0.1) is 0 Å². The van der Waals surface area contributed by atoms with Crippen LogP contribution < -0.4 is 0 Å². The lowest BCUT2D eigenvalue weighted by Crippen LogP contribution is -2.50. The monoisotopic (exact) mass is 243 g/mol. The Bertz CT molecular complexity index is 331. The Hall–Kier alpha value is -1.30. The van der Waals surface area contributed by atoms with Crippen LogP contribution in [0.1, 0.15) is 20.8 Å². The molecule has 2 heterocycles. The van der Waals surface area contributed by atoms with Crippen LogP contribution in [0.5, 0.6) is 0 Å². The molecule has 0 spiro atoms. The lowest BCUT2D eigenvalue weighted by atomic mass is 9.98. The van der Waals surface area contributed by atoms with E-state index in [4.69, 9.17) is 14.2 Å². The Kier molecular flexibility index (Phi) is 2.99. The van der Waals surface area contributed by atoms with Crippen LogP contribution >= 0.6 is 0 Å². The van der Waals surface area contributed by atoms with Crippen LogP contribution in [0.15, 0.2) is 0 Å². The van der Waals surface area contributed by atoms with E-state index in [1.165, 1.54) is 0 Å². The first kappa shape index (κ1) is 12.2. The van der Waals surface area contributed by atoms with Crippen molar-refractivity contribution in [3.8, 4) is 0 Å². The lowest BCUT2D eigenvalue weighted by Gasteiger charge is -2.34. The van der Waals surface area contributed by atoms with Crippen molar-refractivity contribution in [3.05, 3.63) is 0 Å². The van der Waals surface area contributed by atoms with Crippen molar-refractivity contribution in [3.63, 3.8) is 0 Å². The van der Waals surface area contributed by atoms with E-state index in [0.29, 0.717) is 13.2 Å². The smallest absolute Gasteiger partial charge is 0.420 e. The van der Waals surface area contributed by atoms with Crippen LogP contribution in [-0.2, 0) is 14.2 Å². The van der Waals surface area contributed by atoms with Crippen LogP contribution in [0.2, 0.25) is 0 Å². The summed E-state index contributed by atoms with van der Waals surface area (Å²) in [5.41, 5.74) is -0.624. The molecular weight excluding hydrogens is 226 g/mol. The summed E-state index contributed by atoms with van der Waals surface area (Å²) in [5, 5.41) is 0. The summed E-state index contributed by atoms with van der Waals surface area (Å²) in [7, 11) is 0. The average Bonchev–Trinajstić information content (AvgIpc) is 2.41. The van der Waals surface area contributed by atoms with Gasteiger partial charge in [0.1, 0.15) is 12.2 Å². The minimum absolute atomic E-state index is 0.161. The Balaban J connectivity index is 2.05. The molecule has 0 aromatic rings. The Morgan fingerprint density at radius 3 is 2.47 bits per heavy atom. The van der Waals surface area contributed by atoms with Crippen LogP contribution in [0.4, 0.5) is 9.59 Å². The number of cyclic esters (lactones) is 1. The highest BCUT2D eigenvalue weighted by Crippen LogP contribution is 2.27. The molecule has 2 saturated heterocycles. The van der Waals surface area contributed by atoms with Crippen molar-refractivity contribution in [2.45, 2.75) is 32.4 Å². The summed E-state index contributed by atoms with van der Waals surface area (Å²) in [4.78, 5) is 24.5. The number of ether oxygens (including phenoxy) is 3. The topological polar surface area (TPSA) is 65.1 Å². The number of amides is 2. The Morgan fingerprint density at radius 2 is 2.00 bits per heavy atom. The number of hydrogen-bond acceptors (Lipinski definition) is 5. The maximum Gasteiger partial charge on any atom is 0.420 e. The van der Waals surface area contributed by atoms with Gasteiger partial charge in [0.25, 0.3) is 0 Å². The van der Waals surface area contributed by atoms with Gasteiger partial charge in [-0.05, 0) is 20.8 Å². The van der Waals surface area contributed by atoms with Crippen molar-refractivity contribution in [2.75, 3.05) is 19.8 Å². The van der Waals surface area contributed by atoms with Gasteiger partial charge in [-0.1, -0.05) is 0 Å². The van der Waals surface area contributed by atoms with Crippen molar-refractivity contribution in [2.24, 2.45) is 5.92 Å². The molecule has 96 valence electrons. The second kappa shape index (κ2) is 4.18. The molecule has 0 N–H and O–H groups in total. The fraction of sp³-hybridized carbons (Fsp3) is 0.818. The zero-order valence-corrected chi connectivity index (χ0v) is 10.3. The van der Waals surface area contributed by atoms with E-state index >= 15 is 0 Å². The fourth-order valence-corrected chi connectivity index (χ4v) is 1.78. The maximum absolute atomic E-state index is 11.9. The van der Waals surface area contributed by atoms with Gasteiger partial charge < -0.3 is 14.2 Å². The predicted octanol–water partition coefficient (Wildman–Crippen LogP) is 1.39. The van der Waals surface area contributed by atoms with E-state index in [1.807, 2.05) is 0 Å². The first-order chi connectivity index (χ1) is 7.88. The third-order valence-electron chi connectivity index (χ3n) is 2.70. The van der Waals surface area contributed by atoms with E-state index in [2.05, 4.69) is 0 Å². The van der Waals surface area contributed by atoms with Crippen molar-refractivity contribution < 1.29 is 23.8 Å². The van der Waals surface area contributed by atoms with Gasteiger partial charge in [-0.2, -0.15) is 0 Å². The number of carbonyl (C=O) groups excluding carboxylic acids is 2. The molecule has 0 radical (unpaired) electrons. The van der Waals surface area contributed by atoms with Crippen LogP contribution in [0.25, 0.3) is 0 Å². The molecule has 6 nitrogen and oxygen atoms in total. The van der Waals surface area contributed by atoms with Crippen LogP contribution in [-0.4, -0.2) is 48.5 Å². The van der Waals surface area contributed by atoms with Gasteiger partial charge in [0.15, 0.2) is 0 Å². The fourth-order valence-electron chi connectivity index (χ4n) is 1.78. The minimum atomic E-state index is -0.642.